The number of hydrogen-bond acceptors (Lipinski definition) is 6. The molecule has 1 aromatic heterocycles. The molecule has 0 aliphatic carbocycles. The summed E-state index contributed by atoms with van der Waals surface area (Å²) >= 11 is 0. The maximum absolute atomic E-state index is 11.8. The van der Waals surface area contributed by atoms with E-state index in [0.717, 1.165) is 27.9 Å². The van der Waals surface area contributed by atoms with Gasteiger partial charge in [0, 0.05) is 5.56 Å². The van der Waals surface area contributed by atoms with Crippen molar-refractivity contribution in [3.63, 3.8) is 0 Å². The number of H-pyrrole nitrogens is 1. The third-order valence-corrected chi connectivity index (χ3v) is 4.94. The normalized spacial score (nSPS) is 15.3. The number of nitrogens with one attached hydrogen (secondary N) is 1. The number of methoxy groups -OCH3 is 1. The topological polar surface area (TPSA) is 114 Å². The lowest BCUT2D eigenvalue weighted by Crippen LogP contribution is -2.21. The van der Waals surface area contributed by atoms with Crippen molar-refractivity contribution < 1.29 is 14.3 Å². The Labute approximate surface area is 167 Å². The average molecular weight is 386 g/mol. The largest absolute Gasteiger partial charge is 0.465 e. The van der Waals surface area contributed by atoms with Gasteiger partial charge in [0.05, 0.1) is 29.8 Å². The zero-order chi connectivity index (χ0) is 20.5. The number of allylic oxidation sites excluding steroid dienone is 1. The van der Waals surface area contributed by atoms with Crippen molar-refractivity contribution in [2.75, 3.05) is 7.11 Å². The van der Waals surface area contributed by atoms with Gasteiger partial charge in [0.1, 0.15) is 11.6 Å². The number of hydrogen-bond donors (Lipinski definition) is 2. The lowest BCUT2D eigenvalue weighted by atomic mass is 9.82. The Morgan fingerprint density at radius 1 is 1.21 bits per heavy atom. The van der Waals surface area contributed by atoms with Gasteiger partial charge in [-0.05, 0) is 24.6 Å². The molecule has 3 aromatic rings. The highest BCUT2D eigenvalue weighted by atomic mass is 16.5. The van der Waals surface area contributed by atoms with Crippen LogP contribution in [0.4, 0.5) is 0 Å². The number of carbonyl (C=O) groups excluding carboxylic acids is 1. The summed E-state index contributed by atoms with van der Waals surface area (Å²) in [5.41, 5.74) is 11.0. The minimum absolute atomic E-state index is 0.0176. The summed E-state index contributed by atoms with van der Waals surface area (Å²) in [6, 6.07) is 17.0. The summed E-state index contributed by atoms with van der Waals surface area (Å²) in [5, 5.41) is 17.0. The highest BCUT2D eigenvalue weighted by Gasteiger charge is 2.35. The number of nitrogens with zero attached hydrogens (tertiary/aromatic N) is 2. The number of esters is 1. The van der Waals surface area contributed by atoms with Gasteiger partial charge in [-0.25, -0.2) is 4.79 Å². The van der Waals surface area contributed by atoms with Gasteiger partial charge in [-0.1, -0.05) is 42.0 Å². The quantitative estimate of drug-likeness (QED) is 0.667. The van der Waals surface area contributed by atoms with E-state index in [1.54, 1.807) is 24.3 Å². The second-order valence-electron chi connectivity index (χ2n) is 6.72. The Morgan fingerprint density at radius 3 is 2.52 bits per heavy atom. The molecular formula is C22H18N4O3. The fraction of sp³-hybridized carbons (Fsp3) is 0.136. The van der Waals surface area contributed by atoms with Gasteiger partial charge >= 0.3 is 5.97 Å². The summed E-state index contributed by atoms with van der Waals surface area (Å²) < 4.78 is 10.4. The molecule has 0 radical (unpaired) electrons. The molecule has 1 atom stereocenters. The Balaban J connectivity index is 1.87. The van der Waals surface area contributed by atoms with Crippen LogP contribution in [0.2, 0.25) is 0 Å². The number of nitrogens with two attached hydrogens (primary N) is 1. The molecule has 7 heteroatoms. The van der Waals surface area contributed by atoms with Gasteiger partial charge in [0.15, 0.2) is 0 Å². The zero-order valence-electron chi connectivity index (χ0n) is 15.9. The first-order chi connectivity index (χ1) is 14.0. The van der Waals surface area contributed by atoms with E-state index < -0.39 is 11.9 Å². The number of carbonyl (C=O) groups is 1. The number of ether oxygens (including phenoxy) is 2. The second-order valence-corrected chi connectivity index (χ2v) is 6.72. The molecule has 144 valence electrons. The van der Waals surface area contributed by atoms with Crippen molar-refractivity contribution in [1.29, 1.82) is 5.26 Å². The summed E-state index contributed by atoms with van der Waals surface area (Å²) in [5.74, 6) is -0.558. The fourth-order valence-corrected chi connectivity index (χ4v) is 3.45. The number of benzene rings is 2. The van der Waals surface area contributed by atoms with Crippen LogP contribution in [0.1, 0.15) is 33.0 Å². The maximum Gasteiger partial charge on any atom is 0.337 e. The lowest BCUT2D eigenvalue weighted by Gasteiger charge is -2.24. The molecule has 0 saturated carbocycles. The standard InChI is InChI=1S/C22H18N4O3/c1-12-3-5-14(6-4-12)19-18-17(13-7-9-15(10-8-13)22(27)28-2)16(11-23)20(24)29-21(18)26-25-19/h3-10,17H,24H2,1-2H3,(H,25,26)/t17-/m1/s1. The molecule has 2 aromatic carbocycles. The number of aromatic nitrogens is 2. The van der Waals surface area contributed by atoms with Crippen LogP contribution in [0.5, 0.6) is 5.88 Å². The van der Waals surface area contributed by atoms with E-state index in [9.17, 15) is 10.1 Å². The summed E-state index contributed by atoms with van der Waals surface area (Å²) in [7, 11) is 1.33. The Hall–Kier alpha value is -4.05. The third kappa shape index (κ3) is 3.11. The summed E-state index contributed by atoms with van der Waals surface area (Å²) in [4.78, 5) is 11.8. The fourth-order valence-electron chi connectivity index (χ4n) is 3.45. The molecule has 1 aliphatic rings. The maximum atomic E-state index is 11.8. The third-order valence-electron chi connectivity index (χ3n) is 4.94. The molecule has 0 unspecified atom stereocenters. The van der Waals surface area contributed by atoms with E-state index in [0.29, 0.717) is 11.4 Å². The van der Waals surface area contributed by atoms with Crippen LogP contribution < -0.4 is 10.5 Å². The van der Waals surface area contributed by atoms with Crippen molar-refractivity contribution in [2.45, 2.75) is 12.8 Å². The van der Waals surface area contributed by atoms with Crippen molar-refractivity contribution in [3.05, 3.63) is 82.2 Å². The molecule has 0 fully saturated rings. The molecule has 3 N–H and O–H groups in total. The van der Waals surface area contributed by atoms with Crippen LogP contribution in [0.25, 0.3) is 11.3 Å². The summed E-state index contributed by atoms with van der Waals surface area (Å²) in [6.07, 6.45) is 0. The van der Waals surface area contributed by atoms with Crippen LogP contribution in [-0.4, -0.2) is 23.3 Å². The molecule has 0 saturated heterocycles. The van der Waals surface area contributed by atoms with Gasteiger partial charge in [-0.2, -0.15) is 5.26 Å². The highest BCUT2D eigenvalue weighted by molar-refractivity contribution is 5.89. The summed E-state index contributed by atoms with van der Waals surface area (Å²) in [6.45, 7) is 2.01. The first-order valence-electron chi connectivity index (χ1n) is 8.94. The average Bonchev–Trinajstić information content (AvgIpc) is 3.16. The zero-order valence-corrected chi connectivity index (χ0v) is 15.9. The lowest BCUT2D eigenvalue weighted by molar-refractivity contribution is 0.0600. The van der Waals surface area contributed by atoms with E-state index in [1.807, 2.05) is 31.2 Å². The van der Waals surface area contributed by atoms with E-state index >= 15 is 0 Å². The van der Waals surface area contributed by atoms with Gasteiger partial charge in [-0.3, -0.25) is 5.10 Å². The molecule has 0 spiro atoms. The smallest absolute Gasteiger partial charge is 0.337 e. The van der Waals surface area contributed by atoms with Crippen LogP contribution in [0.3, 0.4) is 0 Å². The van der Waals surface area contributed by atoms with Gasteiger partial charge in [-0.15, -0.1) is 5.10 Å². The molecule has 0 bridgehead atoms. The van der Waals surface area contributed by atoms with E-state index in [2.05, 4.69) is 16.3 Å². The van der Waals surface area contributed by atoms with Gasteiger partial charge in [0.25, 0.3) is 0 Å². The van der Waals surface area contributed by atoms with Crippen LogP contribution in [-0.2, 0) is 4.74 Å². The van der Waals surface area contributed by atoms with Gasteiger partial charge in [0.2, 0.25) is 11.8 Å². The second kappa shape index (κ2) is 7.17. The monoisotopic (exact) mass is 386 g/mol. The van der Waals surface area contributed by atoms with Crippen LogP contribution in [0, 0.1) is 18.3 Å². The molecule has 4 rings (SSSR count). The predicted octanol–water partition coefficient (Wildman–Crippen LogP) is 3.39. The van der Waals surface area contributed by atoms with E-state index in [1.165, 1.54) is 7.11 Å². The highest BCUT2D eigenvalue weighted by Crippen LogP contribution is 2.45. The van der Waals surface area contributed by atoms with E-state index in [-0.39, 0.29) is 11.5 Å². The molecule has 2 heterocycles. The first kappa shape index (κ1) is 18.3. The van der Waals surface area contributed by atoms with Crippen LogP contribution >= 0.6 is 0 Å². The number of fused-ring (bicyclic) bond motifs is 1. The number of aromatic amines is 1. The Morgan fingerprint density at radius 2 is 1.90 bits per heavy atom. The molecule has 29 heavy (non-hydrogen) atoms. The van der Waals surface area contributed by atoms with Crippen LogP contribution in [0.15, 0.2) is 60.0 Å². The van der Waals surface area contributed by atoms with Crippen molar-refractivity contribution in [3.8, 4) is 23.2 Å². The Bertz CT molecular complexity index is 1150. The van der Waals surface area contributed by atoms with Crippen molar-refractivity contribution in [1.82, 2.24) is 10.2 Å². The molecule has 7 nitrogen and oxygen atoms in total. The Kier molecular flexibility index (Phi) is 4.53. The first-order valence-corrected chi connectivity index (χ1v) is 8.94. The predicted molar refractivity (Wildman–Crippen MR) is 106 cm³/mol. The molecule has 1 aliphatic heterocycles. The minimum Gasteiger partial charge on any atom is -0.465 e. The number of aryl methyl sites for hydroxylation is 1. The van der Waals surface area contributed by atoms with Crippen molar-refractivity contribution in [2.24, 2.45) is 5.73 Å². The molecule has 0 amide bonds. The number of nitriles is 1. The van der Waals surface area contributed by atoms with E-state index in [4.69, 9.17) is 15.2 Å². The van der Waals surface area contributed by atoms with Crippen molar-refractivity contribution >= 4 is 5.97 Å². The van der Waals surface area contributed by atoms with Gasteiger partial charge < -0.3 is 15.2 Å². The molecular weight excluding hydrogens is 368 g/mol. The SMILES string of the molecule is COC(=O)c1ccc([C@@H]2C(C#N)=C(N)Oc3n[nH]c(-c4ccc(C)cc4)c32)cc1. The number of rotatable bonds is 3. The minimum atomic E-state index is -0.481.